The Bertz CT molecular complexity index is 627. The van der Waals surface area contributed by atoms with Gasteiger partial charge in [-0.15, -0.1) is 0 Å². The highest BCUT2D eigenvalue weighted by Gasteiger charge is 2.58. The zero-order chi connectivity index (χ0) is 19.6. The molecule has 142 valence electrons. The molecule has 0 aliphatic heterocycles. The van der Waals surface area contributed by atoms with Crippen molar-refractivity contribution in [3.8, 4) is 5.75 Å². The van der Waals surface area contributed by atoms with E-state index in [2.05, 4.69) is 4.99 Å². The molecule has 1 N–H and O–H groups in total. The third kappa shape index (κ3) is 4.26. The van der Waals surface area contributed by atoms with Crippen LogP contribution in [0.1, 0.15) is 38.8 Å². The minimum Gasteiger partial charge on any atom is -0.496 e. The van der Waals surface area contributed by atoms with Gasteiger partial charge in [0, 0.05) is 24.7 Å². The van der Waals surface area contributed by atoms with Crippen LogP contribution in [0.2, 0.25) is 0 Å². The van der Waals surface area contributed by atoms with Crippen molar-refractivity contribution >= 4 is 12.0 Å². The first-order valence-electron chi connectivity index (χ1n) is 8.10. The summed E-state index contributed by atoms with van der Waals surface area (Å²) in [5, 5.41) is 10.5. The van der Waals surface area contributed by atoms with E-state index >= 15 is 0 Å². The molecule has 0 aliphatic rings. The Morgan fingerprint density at radius 2 is 1.76 bits per heavy atom. The van der Waals surface area contributed by atoms with Gasteiger partial charge in [-0.1, -0.05) is 13.8 Å². The van der Waals surface area contributed by atoms with Crippen molar-refractivity contribution in [1.82, 2.24) is 4.90 Å². The molecule has 0 aliphatic carbocycles. The summed E-state index contributed by atoms with van der Waals surface area (Å²) in [6.07, 6.45) is -3.21. The molecule has 25 heavy (non-hydrogen) atoms. The van der Waals surface area contributed by atoms with Gasteiger partial charge in [0.2, 0.25) is 0 Å². The molecule has 0 aromatic heterocycles. The number of nitrogens with zero attached hydrogens (tertiary/aromatic N) is 2. The quantitative estimate of drug-likeness (QED) is 0.604. The normalized spacial score (nSPS) is 15.1. The van der Waals surface area contributed by atoms with E-state index in [0.717, 1.165) is 0 Å². The standard InChI is InChI=1S/C18H27F3N2O2/c1-11(2)17(24,18(19,20)21)14-8-13(5)15(9-16(14)25-7)22-10-23(6)12(3)4/h8-12,24H,1-7H3/b22-10+. The van der Waals surface area contributed by atoms with Gasteiger partial charge in [-0.2, -0.15) is 13.2 Å². The summed E-state index contributed by atoms with van der Waals surface area (Å²) in [6, 6.07) is 2.96. The molecule has 0 heterocycles. The highest BCUT2D eigenvalue weighted by Crippen LogP contribution is 2.48. The molecule has 0 fully saturated rings. The number of ether oxygens (including phenoxy) is 1. The van der Waals surface area contributed by atoms with Crippen molar-refractivity contribution in [2.24, 2.45) is 10.9 Å². The van der Waals surface area contributed by atoms with Crippen molar-refractivity contribution < 1.29 is 23.0 Å². The van der Waals surface area contributed by atoms with E-state index in [4.69, 9.17) is 4.74 Å². The van der Waals surface area contributed by atoms with E-state index in [1.165, 1.54) is 33.1 Å². The van der Waals surface area contributed by atoms with Crippen molar-refractivity contribution in [3.63, 3.8) is 0 Å². The van der Waals surface area contributed by atoms with Gasteiger partial charge in [0.15, 0.2) is 5.60 Å². The highest BCUT2D eigenvalue weighted by molar-refractivity contribution is 5.65. The van der Waals surface area contributed by atoms with E-state index in [-0.39, 0.29) is 17.4 Å². The Morgan fingerprint density at radius 1 is 1.20 bits per heavy atom. The maximum atomic E-state index is 13.6. The molecule has 0 bridgehead atoms. The third-order valence-electron chi connectivity index (χ3n) is 4.39. The van der Waals surface area contributed by atoms with Crippen LogP contribution in [0.3, 0.4) is 0 Å². The Balaban J connectivity index is 3.49. The van der Waals surface area contributed by atoms with Gasteiger partial charge >= 0.3 is 6.18 Å². The number of aliphatic imine (C=N–C) groups is 1. The molecule has 1 atom stereocenters. The Hall–Kier alpha value is -1.76. The van der Waals surface area contributed by atoms with Crippen molar-refractivity contribution in [2.45, 2.75) is 52.4 Å². The smallest absolute Gasteiger partial charge is 0.421 e. The lowest BCUT2D eigenvalue weighted by molar-refractivity contribution is -0.283. The number of hydrogen-bond acceptors (Lipinski definition) is 3. The van der Waals surface area contributed by atoms with Crippen LogP contribution < -0.4 is 4.74 Å². The third-order valence-corrected chi connectivity index (χ3v) is 4.39. The fraction of sp³-hybridized carbons (Fsp3) is 0.611. The van der Waals surface area contributed by atoms with Gasteiger partial charge in [0.05, 0.1) is 19.1 Å². The molecule has 1 unspecified atom stereocenters. The Kier molecular flexibility index (Phi) is 6.50. The fourth-order valence-corrected chi connectivity index (χ4v) is 2.36. The summed E-state index contributed by atoms with van der Waals surface area (Å²) in [4.78, 5) is 6.20. The van der Waals surface area contributed by atoms with Crippen LogP contribution in [0.25, 0.3) is 0 Å². The van der Waals surface area contributed by atoms with Gasteiger partial charge in [-0.25, -0.2) is 4.99 Å². The van der Waals surface area contributed by atoms with E-state index in [9.17, 15) is 18.3 Å². The molecule has 0 saturated carbocycles. The molecule has 1 aromatic rings. The number of hydrogen-bond donors (Lipinski definition) is 1. The lowest BCUT2D eigenvalue weighted by Crippen LogP contribution is -2.47. The van der Waals surface area contributed by atoms with Crippen LogP contribution in [0.4, 0.5) is 18.9 Å². The second-order valence-corrected chi connectivity index (χ2v) is 6.76. The largest absolute Gasteiger partial charge is 0.496 e. The van der Waals surface area contributed by atoms with Crippen molar-refractivity contribution in [1.29, 1.82) is 0 Å². The monoisotopic (exact) mass is 360 g/mol. The number of aliphatic hydroxyl groups is 1. The lowest BCUT2D eigenvalue weighted by Gasteiger charge is -2.35. The summed E-state index contributed by atoms with van der Waals surface area (Å²) in [7, 11) is 3.13. The lowest BCUT2D eigenvalue weighted by atomic mass is 9.81. The van der Waals surface area contributed by atoms with Crippen LogP contribution in [0.5, 0.6) is 5.75 Å². The minimum atomic E-state index is -4.83. The van der Waals surface area contributed by atoms with Gasteiger partial charge in [0.25, 0.3) is 0 Å². The average molecular weight is 360 g/mol. The second kappa shape index (κ2) is 7.64. The molecule has 0 spiro atoms. The SMILES string of the molecule is COc1cc(/N=C/N(C)C(C)C)c(C)cc1C(O)(C(C)C)C(F)(F)F. The maximum Gasteiger partial charge on any atom is 0.421 e. The zero-order valence-electron chi connectivity index (χ0n) is 15.8. The molecule has 1 rings (SSSR count). The molecule has 0 amide bonds. The van der Waals surface area contributed by atoms with Crippen LogP contribution in [0.15, 0.2) is 17.1 Å². The predicted octanol–water partition coefficient (Wildman–Crippen LogP) is 4.41. The first-order chi connectivity index (χ1) is 11.4. The molecule has 1 aromatic carbocycles. The highest BCUT2D eigenvalue weighted by atomic mass is 19.4. The molecule has 4 nitrogen and oxygen atoms in total. The fourth-order valence-electron chi connectivity index (χ4n) is 2.36. The number of alkyl halides is 3. The summed E-state index contributed by atoms with van der Waals surface area (Å²) in [5.74, 6) is -1.12. The van der Waals surface area contributed by atoms with Crippen LogP contribution in [-0.2, 0) is 5.60 Å². The predicted molar refractivity (Wildman–Crippen MR) is 93.6 cm³/mol. The average Bonchev–Trinajstić information content (AvgIpc) is 2.50. The first-order valence-corrected chi connectivity index (χ1v) is 8.10. The van der Waals surface area contributed by atoms with E-state index in [0.29, 0.717) is 11.3 Å². The van der Waals surface area contributed by atoms with E-state index < -0.39 is 17.7 Å². The number of rotatable bonds is 6. The summed E-state index contributed by atoms with van der Waals surface area (Å²) < 4.78 is 45.9. The van der Waals surface area contributed by atoms with E-state index in [1.807, 2.05) is 25.8 Å². The number of methoxy groups -OCH3 is 1. The summed E-state index contributed by atoms with van der Waals surface area (Å²) >= 11 is 0. The van der Waals surface area contributed by atoms with Gasteiger partial charge < -0.3 is 14.7 Å². The Morgan fingerprint density at radius 3 is 2.16 bits per heavy atom. The Labute approximate surface area is 147 Å². The van der Waals surface area contributed by atoms with Crippen LogP contribution in [-0.4, -0.2) is 42.7 Å². The summed E-state index contributed by atoms with van der Waals surface area (Å²) in [6.45, 7) is 8.29. The van der Waals surface area contributed by atoms with Crippen molar-refractivity contribution in [3.05, 3.63) is 23.3 Å². The van der Waals surface area contributed by atoms with Gasteiger partial charge in [-0.3, -0.25) is 0 Å². The molecule has 0 saturated heterocycles. The number of aryl methyl sites for hydroxylation is 1. The molecule has 0 radical (unpaired) electrons. The van der Waals surface area contributed by atoms with E-state index in [1.54, 1.807) is 13.3 Å². The number of benzene rings is 1. The minimum absolute atomic E-state index is 0.0431. The first kappa shape index (κ1) is 21.3. The van der Waals surface area contributed by atoms with Gasteiger partial charge in [-0.05, 0) is 38.3 Å². The van der Waals surface area contributed by atoms with Crippen LogP contribution >= 0.6 is 0 Å². The maximum absolute atomic E-state index is 13.6. The number of halogens is 3. The molecule has 7 heteroatoms. The molecular formula is C18H27F3N2O2. The molecular weight excluding hydrogens is 333 g/mol. The van der Waals surface area contributed by atoms with Crippen molar-refractivity contribution in [2.75, 3.05) is 14.2 Å². The second-order valence-electron chi connectivity index (χ2n) is 6.76. The summed E-state index contributed by atoms with van der Waals surface area (Å²) in [5.41, 5.74) is -2.29. The van der Waals surface area contributed by atoms with Crippen LogP contribution in [0, 0.1) is 12.8 Å². The van der Waals surface area contributed by atoms with Gasteiger partial charge in [0.1, 0.15) is 5.75 Å². The topological polar surface area (TPSA) is 45.1 Å². The zero-order valence-corrected chi connectivity index (χ0v) is 15.8.